The second kappa shape index (κ2) is 7.62. The second-order valence-electron chi connectivity index (χ2n) is 6.43. The number of hydrogen-bond acceptors (Lipinski definition) is 7. The number of nitriles is 1. The van der Waals surface area contributed by atoms with Crippen LogP contribution in [0.3, 0.4) is 0 Å². The minimum atomic E-state index is -0.827. The lowest BCUT2D eigenvalue weighted by Crippen LogP contribution is -2.14. The standard InChI is InChI=1S/C19H17N5OS2/c1-12-10-26-18(21-12)15(9-20)16(25)11-27-19-23-22-17(13-7-8-13)24(19)14-5-3-2-4-6-14/h2-6,10,13,15H,7-8,11H2,1H3/t15-/m1/s1. The Morgan fingerprint density at radius 2 is 2.15 bits per heavy atom. The number of para-hydroxylation sites is 1. The summed E-state index contributed by atoms with van der Waals surface area (Å²) in [6.45, 7) is 1.86. The smallest absolute Gasteiger partial charge is 0.196 e. The van der Waals surface area contributed by atoms with Gasteiger partial charge in [-0.2, -0.15) is 5.26 Å². The second-order valence-corrected chi connectivity index (χ2v) is 8.26. The van der Waals surface area contributed by atoms with Crippen LogP contribution in [0.25, 0.3) is 5.69 Å². The molecule has 8 heteroatoms. The van der Waals surface area contributed by atoms with Gasteiger partial charge in [0, 0.05) is 22.7 Å². The van der Waals surface area contributed by atoms with Crippen LogP contribution in [0.5, 0.6) is 0 Å². The van der Waals surface area contributed by atoms with Gasteiger partial charge in [-0.1, -0.05) is 30.0 Å². The number of nitrogens with zero attached hydrogens (tertiary/aromatic N) is 5. The molecule has 0 saturated heterocycles. The SMILES string of the molecule is Cc1csc([C@H](C#N)C(=O)CSc2nnc(C3CC3)n2-c2ccccc2)n1. The van der Waals surface area contributed by atoms with Crippen LogP contribution < -0.4 is 0 Å². The molecule has 0 amide bonds. The van der Waals surface area contributed by atoms with Gasteiger partial charge in [-0.05, 0) is 31.9 Å². The lowest BCUT2D eigenvalue weighted by molar-refractivity contribution is -0.116. The van der Waals surface area contributed by atoms with E-state index in [1.54, 1.807) is 0 Å². The van der Waals surface area contributed by atoms with Crippen molar-refractivity contribution in [2.75, 3.05) is 5.75 Å². The molecule has 0 bridgehead atoms. The first kappa shape index (κ1) is 17.9. The maximum atomic E-state index is 12.6. The molecule has 27 heavy (non-hydrogen) atoms. The Labute approximate surface area is 165 Å². The summed E-state index contributed by atoms with van der Waals surface area (Å²) in [5.41, 5.74) is 1.82. The van der Waals surface area contributed by atoms with Crippen LogP contribution in [0.2, 0.25) is 0 Å². The Bertz CT molecular complexity index is 1000. The third kappa shape index (κ3) is 3.80. The van der Waals surface area contributed by atoms with E-state index in [1.165, 1.54) is 23.1 Å². The summed E-state index contributed by atoms with van der Waals surface area (Å²) >= 11 is 2.68. The first-order chi connectivity index (χ1) is 13.2. The van der Waals surface area contributed by atoms with Crippen molar-refractivity contribution in [1.29, 1.82) is 5.26 Å². The van der Waals surface area contributed by atoms with Crippen LogP contribution in [-0.2, 0) is 4.79 Å². The number of aryl methyl sites for hydroxylation is 1. The van der Waals surface area contributed by atoms with Crippen molar-refractivity contribution in [2.45, 2.75) is 36.8 Å². The number of thioether (sulfide) groups is 1. The highest BCUT2D eigenvalue weighted by molar-refractivity contribution is 7.99. The minimum Gasteiger partial charge on any atom is -0.297 e. The highest BCUT2D eigenvalue weighted by atomic mass is 32.2. The van der Waals surface area contributed by atoms with Gasteiger partial charge >= 0.3 is 0 Å². The van der Waals surface area contributed by atoms with Crippen LogP contribution >= 0.6 is 23.1 Å². The molecule has 1 atom stereocenters. The number of thiazole rings is 1. The fourth-order valence-electron chi connectivity index (χ4n) is 2.79. The Balaban J connectivity index is 1.55. The van der Waals surface area contributed by atoms with Gasteiger partial charge in [-0.25, -0.2) is 4.98 Å². The van der Waals surface area contributed by atoms with Gasteiger partial charge in [0.05, 0.1) is 11.8 Å². The van der Waals surface area contributed by atoms with Gasteiger partial charge in [0.15, 0.2) is 16.9 Å². The van der Waals surface area contributed by atoms with Crippen molar-refractivity contribution in [3.05, 3.63) is 52.2 Å². The Kier molecular flexibility index (Phi) is 5.05. The van der Waals surface area contributed by atoms with E-state index in [1.807, 2.05) is 47.2 Å². The van der Waals surface area contributed by atoms with Crippen LogP contribution in [0.15, 0.2) is 40.9 Å². The lowest BCUT2D eigenvalue weighted by atomic mass is 10.1. The number of hydrogen-bond donors (Lipinski definition) is 0. The van der Waals surface area contributed by atoms with Gasteiger partial charge in [-0.3, -0.25) is 9.36 Å². The van der Waals surface area contributed by atoms with Crippen LogP contribution in [0, 0.1) is 18.3 Å². The first-order valence-corrected chi connectivity index (χ1v) is 10.5. The zero-order valence-electron chi connectivity index (χ0n) is 14.7. The number of Topliss-reactive ketones (excluding diaryl/α,β-unsaturated/α-hetero) is 1. The molecule has 1 fully saturated rings. The number of carbonyl (C=O) groups excluding carboxylic acids is 1. The van der Waals surface area contributed by atoms with E-state index in [0.29, 0.717) is 16.1 Å². The number of ketones is 1. The van der Waals surface area contributed by atoms with Crippen molar-refractivity contribution < 1.29 is 4.79 Å². The molecule has 2 heterocycles. The summed E-state index contributed by atoms with van der Waals surface area (Å²) in [4.78, 5) is 16.9. The number of carbonyl (C=O) groups is 1. The monoisotopic (exact) mass is 395 g/mol. The lowest BCUT2D eigenvalue weighted by Gasteiger charge is -2.10. The summed E-state index contributed by atoms with van der Waals surface area (Å²) in [6, 6.07) is 12.0. The molecule has 0 unspecified atom stereocenters. The van der Waals surface area contributed by atoms with Crippen LogP contribution in [0.1, 0.15) is 41.2 Å². The Hall–Kier alpha value is -2.50. The summed E-state index contributed by atoms with van der Waals surface area (Å²) < 4.78 is 2.03. The largest absolute Gasteiger partial charge is 0.297 e. The molecule has 136 valence electrons. The predicted octanol–water partition coefficient (Wildman–Crippen LogP) is 3.88. The molecule has 6 nitrogen and oxygen atoms in total. The molecule has 3 aromatic rings. The molecule has 0 radical (unpaired) electrons. The van der Waals surface area contributed by atoms with E-state index in [9.17, 15) is 10.1 Å². The van der Waals surface area contributed by atoms with Crippen molar-refractivity contribution in [3.63, 3.8) is 0 Å². The van der Waals surface area contributed by atoms with E-state index >= 15 is 0 Å². The van der Waals surface area contributed by atoms with E-state index < -0.39 is 5.92 Å². The van der Waals surface area contributed by atoms with E-state index in [-0.39, 0.29) is 11.5 Å². The van der Waals surface area contributed by atoms with Gasteiger partial charge in [-0.15, -0.1) is 21.5 Å². The van der Waals surface area contributed by atoms with Gasteiger partial charge in [0.1, 0.15) is 10.8 Å². The quantitative estimate of drug-likeness (QED) is 0.565. The topological polar surface area (TPSA) is 84.5 Å². The zero-order chi connectivity index (χ0) is 18.8. The average Bonchev–Trinajstić information content (AvgIpc) is 3.31. The Morgan fingerprint density at radius 1 is 1.37 bits per heavy atom. The molecule has 2 aromatic heterocycles. The summed E-state index contributed by atoms with van der Waals surface area (Å²) in [5, 5.41) is 21.2. The number of rotatable bonds is 7. The molecule has 1 aromatic carbocycles. The maximum Gasteiger partial charge on any atom is 0.196 e. The predicted molar refractivity (Wildman–Crippen MR) is 104 cm³/mol. The maximum absolute atomic E-state index is 12.6. The van der Waals surface area contributed by atoms with Crippen LogP contribution in [-0.4, -0.2) is 31.3 Å². The number of benzene rings is 1. The highest BCUT2D eigenvalue weighted by Gasteiger charge is 2.31. The minimum absolute atomic E-state index is 0.159. The van der Waals surface area contributed by atoms with Crippen molar-refractivity contribution >= 4 is 28.9 Å². The molecule has 0 aliphatic heterocycles. The third-order valence-corrected chi connectivity index (χ3v) is 6.27. The van der Waals surface area contributed by atoms with E-state index in [2.05, 4.69) is 21.3 Å². The van der Waals surface area contributed by atoms with Crippen molar-refractivity contribution in [1.82, 2.24) is 19.7 Å². The average molecular weight is 396 g/mol. The normalized spacial score (nSPS) is 14.7. The van der Waals surface area contributed by atoms with Crippen molar-refractivity contribution in [3.8, 4) is 11.8 Å². The Morgan fingerprint density at radius 3 is 2.78 bits per heavy atom. The van der Waals surface area contributed by atoms with Gasteiger partial charge < -0.3 is 0 Å². The van der Waals surface area contributed by atoms with Crippen molar-refractivity contribution in [2.24, 2.45) is 0 Å². The van der Waals surface area contributed by atoms with Crippen LogP contribution in [0.4, 0.5) is 0 Å². The van der Waals surface area contributed by atoms with Gasteiger partial charge in [0.25, 0.3) is 0 Å². The molecule has 1 saturated carbocycles. The summed E-state index contributed by atoms with van der Waals surface area (Å²) in [7, 11) is 0. The zero-order valence-corrected chi connectivity index (χ0v) is 16.3. The van der Waals surface area contributed by atoms with Gasteiger partial charge in [0.2, 0.25) is 0 Å². The summed E-state index contributed by atoms with van der Waals surface area (Å²) in [6.07, 6.45) is 2.24. The molecule has 0 spiro atoms. The molecule has 4 rings (SSSR count). The molecule has 1 aliphatic rings. The fraction of sp³-hybridized carbons (Fsp3) is 0.316. The third-order valence-electron chi connectivity index (χ3n) is 4.29. The first-order valence-electron chi connectivity index (χ1n) is 8.65. The summed E-state index contributed by atoms with van der Waals surface area (Å²) in [5.74, 6) is 0.558. The molecular formula is C19H17N5OS2. The molecule has 0 N–H and O–H groups in total. The van der Waals surface area contributed by atoms with E-state index in [0.717, 1.165) is 30.0 Å². The highest BCUT2D eigenvalue weighted by Crippen LogP contribution is 2.41. The fourth-order valence-corrected chi connectivity index (χ4v) is 4.51. The molecule has 1 aliphatic carbocycles. The molecular weight excluding hydrogens is 378 g/mol. The number of aromatic nitrogens is 4. The van der Waals surface area contributed by atoms with E-state index in [4.69, 9.17) is 0 Å².